The Bertz CT molecular complexity index is 377. The average Bonchev–Trinajstić information content (AvgIpc) is 2.77. The summed E-state index contributed by atoms with van der Waals surface area (Å²) in [6.45, 7) is 8.21. The highest BCUT2D eigenvalue weighted by atomic mass is 16.3. The Labute approximate surface area is 96.7 Å². The van der Waals surface area contributed by atoms with Gasteiger partial charge in [-0.1, -0.05) is 6.92 Å². The van der Waals surface area contributed by atoms with Gasteiger partial charge >= 0.3 is 0 Å². The molecule has 0 aliphatic heterocycles. The van der Waals surface area contributed by atoms with Crippen LogP contribution in [0, 0.1) is 5.41 Å². The first-order valence-electron chi connectivity index (χ1n) is 5.96. The van der Waals surface area contributed by atoms with Gasteiger partial charge in [0.25, 0.3) is 0 Å². The molecule has 1 unspecified atom stereocenters. The van der Waals surface area contributed by atoms with Crippen molar-refractivity contribution in [2.24, 2.45) is 5.41 Å². The quantitative estimate of drug-likeness (QED) is 0.848. The highest BCUT2D eigenvalue weighted by Crippen LogP contribution is 2.54. The van der Waals surface area contributed by atoms with Gasteiger partial charge in [-0.25, -0.2) is 9.67 Å². The van der Waals surface area contributed by atoms with E-state index in [9.17, 15) is 5.11 Å². The number of aliphatic hydroxyl groups is 1. The summed E-state index contributed by atoms with van der Waals surface area (Å²) in [6.07, 6.45) is 4.37. The molecule has 4 nitrogen and oxygen atoms in total. The molecule has 0 aromatic carbocycles. The monoisotopic (exact) mass is 223 g/mol. The summed E-state index contributed by atoms with van der Waals surface area (Å²) in [5, 5.41) is 14.7. The molecule has 1 fully saturated rings. The van der Waals surface area contributed by atoms with Crippen LogP contribution >= 0.6 is 0 Å². The highest BCUT2D eigenvalue weighted by Gasteiger charge is 2.52. The van der Waals surface area contributed by atoms with Crippen molar-refractivity contribution in [3.63, 3.8) is 0 Å². The van der Waals surface area contributed by atoms with Gasteiger partial charge in [-0.15, -0.1) is 0 Å². The molecule has 1 saturated carbocycles. The predicted octanol–water partition coefficient (Wildman–Crippen LogP) is 1.95. The van der Waals surface area contributed by atoms with Gasteiger partial charge in [0.2, 0.25) is 0 Å². The minimum Gasteiger partial charge on any atom is -0.389 e. The maximum atomic E-state index is 10.5. The van der Waals surface area contributed by atoms with Crippen LogP contribution in [0.3, 0.4) is 0 Å². The molecule has 1 aliphatic rings. The Balaban J connectivity index is 2.17. The van der Waals surface area contributed by atoms with Crippen molar-refractivity contribution < 1.29 is 5.11 Å². The SMILES string of the molecule is CC(C)n1ncnc1CC(C)(O)C1(C)CC1. The van der Waals surface area contributed by atoms with Gasteiger partial charge in [-0.2, -0.15) is 5.10 Å². The number of nitrogens with zero attached hydrogens (tertiary/aromatic N) is 3. The van der Waals surface area contributed by atoms with Crippen molar-refractivity contribution in [1.29, 1.82) is 0 Å². The zero-order chi connectivity index (χ0) is 12.0. The summed E-state index contributed by atoms with van der Waals surface area (Å²) in [5.41, 5.74) is -0.604. The Hall–Kier alpha value is -0.900. The van der Waals surface area contributed by atoms with Crippen molar-refractivity contribution in [2.45, 2.75) is 58.6 Å². The van der Waals surface area contributed by atoms with Crippen LogP contribution in [-0.2, 0) is 6.42 Å². The Morgan fingerprint density at radius 2 is 2.19 bits per heavy atom. The number of hydrogen-bond acceptors (Lipinski definition) is 3. The first kappa shape index (κ1) is 11.6. The molecule has 1 heterocycles. The molecule has 0 saturated heterocycles. The molecule has 4 heteroatoms. The molecule has 90 valence electrons. The molecule has 1 aromatic rings. The fourth-order valence-corrected chi connectivity index (χ4v) is 2.08. The molecule has 0 spiro atoms. The second-order valence-corrected chi connectivity index (χ2v) is 5.73. The van der Waals surface area contributed by atoms with Crippen LogP contribution in [-0.4, -0.2) is 25.5 Å². The third kappa shape index (κ3) is 1.86. The van der Waals surface area contributed by atoms with E-state index in [1.165, 1.54) is 0 Å². The Kier molecular flexibility index (Phi) is 2.57. The van der Waals surface area contributed by atoms with Crippen LogP contribution in [0.4, 0.5) is 0 Å². The van der Waals surface area contributed by atoms with E-state index in [4.69, 9.17) is 0 Å². The van der Waals surface area contributed by atoms with Gasteiger partial charge in [0.15, 0.2) is 0 Å². The van der Waals surface area contributed by atoms with Crippen LogP contribution in [0.15, 0.2) is 6.33 Å². The Morgan fingerprint density at radius 3 is 2.69 bits per heavy atom. The van der Waals surface area contributed by atoms with Crippen molar-refractivity contribution in [3.8, 4) is 0 Å². The minimum atomic E-state index is -0.674. The van der Waals surface area contributed by atoms with E-state index in [1.807, 2.05) is 11.6 Å². The second kappa shape index (κ2) is 3.55. The zero-order valence-corrected chi connectivity index (χ0v) is 10.6. The van der Waals surface area contributed by atoms with Crippen LogP contribution in [0.25, 0.3) is 0 Å². The van der Waals surface area contributed by atoms with E-state index < -0.39 is 5.60 Å². The molecule has 1 aromatic heterocycles. The van der Waals surface area contributed by atoms with E-state index >= 15 is 0 Å². The first-order valence-corrected chi connectivity index (χ1v) is 5.96. The van der Waals surface area contributed by atoms with Crippen LogP contribution in [0.1, 0.15) is 52.4 Å². The van der Waals surface area contributed by atoms with Gasteiger partial charge in [0, 0.05) is 12.5 Å². The van der Waals surface area contributed by atoms with E-state index in [0.717, 1.165) is 18.7 Å². The van der Waals surface area contributed by atoms with Crippen molar-refractivity contribution >= 4 is 0 Å². The fraction of sp³-hybridized carbons (Fsp3) is 0.833. The maximum Gasteiger partial charge on any atom is 0.138 e. The van der Waals surface area contributed by atoms with Crippen LogP contribution < -0.4 is 0 Å². The standard InChI is InChI=1S/C12H21N3O/c1-9(2)15-10(13-8-14-15)7-12(4,16)11(3)5-6-11/h8-9,16H,5-7H2,1-4H3. The number of aromatic nitrogens is 3. The minimum absolute atomic E-state index is 0.0702. The summed E-state index contributed by atoms with van der Waals surface area (Å²) in [4.78, 5) is 4.26. The molecule has 1 N–H and O–H groups in total. The van der Waals surface area contributed by atoms with Gasteiger partial charge < -0.3 is 5.11 Å². The third-order valence-corrected chi connectivity index (χ3v) is 3.94. The smallest absolute Gasteiger partial charge is 0.138 e. The van der Waals surface area contributed by atoms with Crippen LogP contribution in [0.5, 0.6) is 0 Å². The molecule has 1 atom stereocenters. The lowest BCUT2D eigenvalue weighted by molar-refractivity contribution is -0.00976. The van der Waals surface area contributed by atoms with Crippen LogP contribution in [0.2, 0.25) is 0 Å². The number of rotatable bonds is 4. The molecule has 2 rings (SSSR count). The van der Waals surface area contributed by atoms with E-state index in [1.54, 1.807) is 6.33 Å². The van der Waals surface area contributed by atoms with Crippen molar-refractivity contribution in [3.05, 3.63) is 12.2 Å². The molecular weight excluding hydrogens is 202 g/mol. The van der Waals surface area contributed by atoms with Crippen molar-refractivity contribution in [2.75, 3.05) is 0 Å². The molecule has 0 amide bonds. The molecule has 1 aliphatic carbocycles. The topological polar surface area (TPSA) is 50.9 Å². The van der Waals surface area contributed by atoms with Crippen molar-refractivity contribution in [1.82, 2.24) is 14.8 Å². The normalized spacial score (nSPS) is 22.1. The maximum absolute atomic E-state index is 10.5. The molecule has 0 bridgehead atoms. The second-order valence-electron chi connectivity index (χ2n) is 5.73. The molecule has 0 radical (unpaired) electrons. The third-order valence-electron chi connectivity index (χ3n) is 3.94. The summed E-state index contributed by atoms with van der Waals surface area (Å²) >= 11 is 0. The summed E-state index contributed by atoms with van der Waals surface area (Å²) in [6, 6.07) is 0.292. The molecule has 16 heavy (non-hydrogen) atoms. The fourth-order valence-electron chi connectivity index (χ4n) is 2.08. The predicted molar refractivity (Wildman–Crippen MR) is 62.1 cm³/mol. The van der Waals surface area contributed by atoms with E-state index in [2.05, 4.69) is 30.9 Å². The lowest BCUT2D eigenvalue weighted by Gasteiger charge is -2.30. The van der Waals surface area contributed by atoms with Gasteiger partial charge in [-0.3, -0.25) is 0 Å². The lowest BCUT2D eigenvalue weighted by Crippen LogP contribution is -2.38. The van der Waals surface area contributed by atoms with E-state index in [-0.39, 0.29) is 5.41 Å². The lowest BCUT2D eigenvalue weighted by atomic mass is 9.84. The summed E-state index contributed by atoms with van der Waals surface area (Å²) in [5.74, 6) is 0.883. The Morgan fingerprint density at radius 1 is 1.56 bits per heavy atom. The van der Waals surface area contributed by atoms with Gasteiger partial charge in [0.05, 0.1) is 5.60 Å². The van der Waals surface area contributed by atoms with Gasteiger partial charge in [-0.05, 0) is 39.0 Å². The van der Waals surface area contributed by atoms with E-state index in [0.29, 0.717) is 12.5 Å². The average molecular weight is 223 g/mol. The molecular formula is C12H21N3O. The summed E-state index contributed by atoms with van der Waals surface area (Å²) in [7, 11) is 0. The number of hydrogen-bond donors (Lipinski definition) is 1. The summed E-state index contributed by atoms with van der Waals surface area (Å²) < 4.78 is 1.89. The first-order chi connectivity index (χ1) is 7.36. The largest absolute Gasteiger partial charge is 0.389 e. The highest BCUT2D eigenvalue weighted by molar-refractivity contribution is 5.07. The zero-order valence-electron chi connectivity index (χ0n) is 10.6. The van der Waals surface area contributed by atoms with Gasteiger partial charge in [0.1, 0.15) is 12.2 Å².